The summed E-state index contributed by atoms with van der Waals surface area (Å²) in [5.74, 6) is 1.54. The van der Waals surface area contributed by atoms with Gasteiger partial charge < -0.3 is 15.4 Å². The lowest BCUT2D eigenvalue weighted by molar-refractivity contribution is 0.262. The number of hydrogen-bond acceptors (Lipinski definition) is 2. The van der Waals surface area contributed by atoms with Gasteiger partial charge in [-0.2, -0.15) is 0 Å². The van der Waals surface area contributed by atoms with Gasteiger partial charge in [-0.15, -0.1) is 0 Å². The SMILES string of the molecule is Cc1ccc(NC(=O)Nc2ccc(Oc3ccccc3)c(C)c2)cc1. The average Bonchev–Trinajstić information content (AvgIpc) is 2.60. The van der Waals surface area contributed by atoms with E-state index in [0.717, 1.165) is 28.3 Å². The van der Waals surface area contributed by atoms with Gasteiger partial charge in [0, 0.05) is 11.4 Å². The van der Waals surface area contributed by atoms with Gasteiger partial charge in [-0.3, -0.25) is 0 Å². The highest BCUT2D eigenvalue weighted by atomic mass is 16.5. The van der Waals surface area contributed by atoms with Crippen LogP contribution in [0.5, 0.6) is 11.5 Å². The van der Waals surface area contributed by atoms with Crippen molar-refractivity contribution in [2.24, 2.45) is 0 Å². The highest BCUT2D eigenvalue weighted by Crippen LogP contribution is 2.27. The van der Waals surface area contributed by atoms with Crippen LogP contribution in [-0.2, 0) is 0 Å². The van der Waals surface area contributed by atoms with Crippen LogP contribution in [0.25, 0.3) is 0 Å². The van der Waals surface area contributed by atoms with Crippen molar-refractivity contribution in [2.75, 3.05) is 10.6 Å². The minimum atomic E-state index is -0.278. The smallest absolute Gasteiger partial charge is 0.323 e. The lowest BCUT2D eigenvalue weighted by Gasteiger charge is -2.12. The van der Waals surface area contributed by atoms with Crippen molar-refractivity contribution >= 4 is 17.4 Å². The third-order valence-electron chi connectivity index (χ3n) is 3.71. The maximum atomic E-state index is 12.1. The number of carbonyl (C=O) groups excluding carboxylic acids is 1. The number of amides is 2. The topological polar surface area (TPSA) is 50.4 Å². The molecule has 0 aromatic heterocycles. The van der Waals surface area contributed by atoms with E-state index >= 15 is 0 Å². The summed E-state index contributed by atoms with van der Waals surface area (Å²) in [7, 11) is 0. The van der Waals surface area contributed by atoms with Gasteiger partial charge in [0.1, 0.15) is 11.5 Å². The molecule has 0 atom stereocenters. The summed E-state index contributed by atoms with van der Waals surface area (Å²) in [6, 6.07) is 22.5. The molecule has 3 aromatic rings. The van der Waals surface area contributed by atoms with Crippen LogP contribution >= 0.6 is 0 Å². The molecule has 25 heavy (non-hydrogen) atoms. The molecule has 0 radical (unpaired) electrons. The van der Waals surface area contributed by atoms with E-state index in [0.29, 0.717) is 5.69 Å². The molecule has 0 aliphatic carbocycles. The number of nitrogens with one attached hydrogen (secondary N) is 2. The summed E-state index contributed by atoms with van der Waals surface area (Å²) in [5.41, 5.74) is 3.55. The first kappa shape index (κ1) is 16.6. The fourth-order valence-corrected chi connectivity index (χ4v) is 2.39. The van der Waals surface area contributed by atoms with Gasteiger partial charge in [0.2, 0.25) is 0 Å². The number of hydrogen-bond donors (Lipinski definition) is 2. The van der Waals surface area contributed by atoms with Gasteiger partial charge in [-0.05, 0) is 61.9 Å². The van der Waals surface area contributed by atoms with Crippen molar-refractivity contribution in [1.82, 2.24) is 0 Å². The van der Waals surface area contributed by atoms with Crippen LogP contribution in [-0.4, -0.2) is 6.03 Å². The number of rotatable bonds is 4. The fourth-order valence-electron chi connectivity index (χ4n) is 2.39. The number of carbonyl (C=O) groups is 1. The summed E-state index contributed by atoms with van der Waals surface area (Å²) in [5, 5.41) is 5.64. The van der Waals surface area contributed by atoms with Gasteiger partial charge in [0.05, 0.1) is 0 Å². The molecule has 4 heteroatoms. The summed E-state index contributed by atoms with van der Waals surface area (Å²) in [6.45, 7) is 3.95. The van der Waals surface area contributed by atoms with E-state index in [1.165, 1.54) is 0 Å². The molecule has 0 heterocycles. The number of aryl methyl sites for hydroxylation is 2. The zero-order valence-corrected chi connectivity index (χ0v) is 14.2. The summed E-state index contributed by atoms with van der Waals surface area (Å²) in [6.07, 6.45) is 0. The minimum absolute atomic E-state index is 0.278. The second-order valence-corrected chi connectivity index (χ2v) is 5.84. The van der Waals surface area contributed by atoms with E-state index in [1.807, 2.05) is 86.6 Å². The molecule has 0 spiro atoms. The number of ether oxygens (including phenoxy) is 1. The van der Waals surface area contributed by atoms with E-state index in [4.69, 9.17) is 4.74 Å². The average molecular weight is 332 g/mol. The van der Waals surface area contributed by atoms with Crippen LogP contribution in [0.1, 0.15) is 11.1 Å². The zero-order chi connectivity index (χ0) is 17.6. The van der Waals surface area contributed by atoms with Gasteiger partial charge in [0.25, 0.3) is 0 Å². The molecule has 4 nitrogen and oxygen atoms in total. The first-order chi connectivity index (χ1) is 12.1. The monoisotopic (exact) mass is 332 g/mol. The van der Waals surface area contributed by atoms with E-state index in [2.05, 4.69) is 10.6 Å². The second kappa shape index (κ2) is 7.53. The van der Waals surface area contributed by atoms with Gasteiger partial charge >= 0.3 is 6.03 Å². The predicted molar refractivity (Wildman–Crippen MR) is 102 cm³/mol. The van der Waals surface area contributed by atoms with Gasteiger partial charge in [-0.25, -0.2) is 4.79 Å². The van der Waals surface area contributed by atoms with E-state index in [1.54, 1.807) is 0 Å². The Labute approximate surface area is 147 Å². The molecule has 0 saturated heterocycles. The van der Waals surface area contributed by atoms with Crippen molar-refractivity contribution in [3.63, 3.8) is 0 Å². The number of para-hydroxylation sites is 1. The normalized spacial score (nSPS) is 10.2. The molecule has 0 aliphatic rings. The molecule has 0 fully saturated rings. The second-order valence-electron chi connectivity index (χ2n) is 5.84. The Bertz CT molecular complexity index is 859. The Morgan fingerprint density at radius 3 is 2.12 bits per heavy atom. The summed E-state index contributed by atoms with van der Waals surface area (Å²) < 4.78 is 5.85. The third kappa shape index (κ3) is 4.61. The number of benzene rings is 3. The maximum Gasteiger partial charge on any atom is 0.323 e. The first-order valence-electron chi connectivity index (χ1n) is 8.08. The van der Waals surface area contributed by atoms with Crippen molar-refractivity contribution in [1.29, 1.82) is 0 Å². The quantitative estimate of drug-likeness (QED) is 0.640. The minimum Gasteiger partial charge on any atom is -0.457 e. The van der Waals surface area contributed by atoms with Crippen LogP contribution in [0.3, 0.4) is 0 Å². The summed E-state index contributed by atoms with van der Waals surface area (Å²) in [4.78, 5) is 12.1. The molecule has 3 rings (SSSR count). The summed E-state index contributed by atoms with van der Waals surface area (Å²) >= 11 is 0. The van der Waals surface area contributed by atoms with E-state index in [9.17, 15) is 4.79 Å². The molecular weight excluding hydrogens is 312 g/mol. The van der Waals surface area contributed by atoms with Gasteiger partial charge in [-0.1, -0.05) is 35.9 Å². The Morgan fingerprint density at radius 2 is 1.44 bits per heavy atom. The maximum absolute atomic E-state index is 12.1. The van der Waals surface area contributed by atoms with E-state index in [-0.39, 0.29) is 6.03 Å². The standard InChI is InChI=1S/C21H20N2O2/c1-15-8-10-17(11-9-15)22-21(24)23-18-12-13-20(16(2)14-18)25-19-6-4-3-5-7-19/h3-14H,1-2H3,(H2,22,23,24). The highest BCUT2D eigenvalue weighted by molar-refractivity contribution is 5.99. The van der Waals surface area contributed by atoms with Crippen LogP contribution < -0.4 is 15.4 Å². The molecule has 0 unspecified atom stereocenters. The molecule has 2 amide bonds. The van der Waals surface area contributed by atoms with Crippen LogP contribution in [0.2, 0.25) is 0 Å². The Balaban J connectivity index is 1.64. The van der Waals surface area contributed by atoms with Gasteiger partial charge in [0.15, 0.2) is 0 Å². The fraction of sp³-hybridized carbons (Fsp3) is 0.0952. The molecule has 0 bridgehead atoms. The van der Waals surface area contributed by atoms with Crippen LogP contribution in [0.4, 0.5) is 16.2 Å². The largest absolute Gasteiger partial charge is 0.457 e. The van der Waals surface area contributed by atoms with Crippen LogP contribution in [0.15, 0.2) is 72.8 Å². The van der Waals surface area contributed by atoms with E-state index < -0.39 is 0 Å². The van der Waals surface area contributed by atoms with Crippen molar-refractivity contribution in [3.05, 3.63) is 83.9 Å². The van der Waals surface area contributed by atoms with Crippen molar-refractivity contribution in [2.45, 2.75) is 13.8 Å². The third-order valence-corrected chi connectivity index (χ3v) is 3.71. The predicted octanol–water partition coefficient (Wildman–Crippen LogP) is 5.74. The molecular formula is C21H20N2O2. The zero-order valence-electron chi connectivity index (χ0n) is 14.2. The molecule has 2 N–H and O–H groups in total. The molecule has 3 aromatic carbocycles. The molecule has 0 saturated carbocycles. The Hall–Kier alpha value is -3.27. The number of anilines is 2. The van der Waals surface area contributed by atoms with Crippen molar-refractivity contribution in [3.8, 4) is 11.5 Å². The first-order valence-corrected chi connectivity index (χ1v) is 8.08. The molecule has 0 aliphatic heterocycles. The number of urea groups is 1. The molecule has 126 valence electrons. The lowest BCUT2D eigenvalue weighted by Crippen LogP contribution is -2.19. The Morgan fingerprint density at radius 1 is 0.800 bits per heavy atom. The lowest BCUT2D eigenvalue weighted by atomic mass is 10.2. The van der Waals surface area contributed by atoms with Crippen LogP contribution in [0, 0.1) is 13.8 Å². The van der Waals surface area contributed by atoms with Crippen molar-refractivity contribution < 1.29 is 9.53 Å². The Kier molecular flexibility index (Phi) is 5.00. The highest BCUT2D eigenvalue weighted by Gasteiger charge is 2.06.